The number of likely N-dealkylation sites (tertiary alicyclic amines) is 1. The Labute approximate surface area is 178 Å². The quantitative estimate of drug-likeness (QED) is 0.493. The number of esters is 1. The molecule has 6 nitrogen and oxygen atoms in total. The summed E-state index contributed by atoms with van der Waals surface area (Å²) in [4.78, 5) is 27.2. The summed E-state index contributed by atoms with van der Waals surface area (Å²) in [6.07, 6.45) is 10.9. The highest BCUT2D eigenvalue weighted by molar-refractivity contribution is 5.92. The van der Waals surface area contributed by atoms with Gasteiger partial charge in [0.1, 0.15) is 0 Å². The van der Waals surface area contributed by atoms with Gasteiger partial charge in [0, 0.05) is 38.0 Å². The predicted octanol–water partition coefficient (Wildman–Crippen LogP) is 3.63. The number of amides is 1. The third-order valence-electron chi connectivity index (χ3n) is 5.85. The third-order valence-corrected chi connectivity index (χ3v) is 5.85. The van der Waals surface area contributed by atoms with Crippen LogP contribution >= 0.6 is 0 Å². The molecule has 0 atom stereocenters. The van der Waals surface area contributed by atoms with Crippen LogP contribution in [0.2, 0.25) is 0 Å². The van der Waals surface area contributed by atoms with Crippen LogP contribution in [0.25, 0.3) is 6.08 Å². The van der Waals surface area contributed by atoms with Crippen LogP contribution in [-0.4, -0.2) is 46.3 Å². The number of rotatable bonds is 8. The first-order valence-electron chi connectivity index (χ1n) is 10.7. The van der Waals surface area contributed by atoms with Crippen LogP contribution < -0.4 is 0 Å². The molecule has 0 aliphatic carbocycles. The lowest BCUT2D eigenvalue weighted by Crippen LogP contribution is -2.46. The maximum atomic E-state index is 12.8. The third kappa shape index (κ3) is 5.59. The number of hydrogen-bond acceptors (Lipinski definition) is 4. The summed E-state index contributed by atoms with van der Waals surface area (Å²) >= 11 is 0. The van der Waals surface area contributed by atoms with Gasteiger partial charge < -0.3 is 9.64 Å². The monoisotopic (exact) mass is 409 g/mol. The second-order valence-corrected chi connectivity index (χ2v) is 7.95. The molecule has 6 heteroatoms. The highest BCUT2D eigenvalue weighted by Crippen LogP contribution is 2.38. The lowest BCUT2D eigenvalue weighted by molar-refractivity contribution is -0.160. The first-order chi connectivity index (χ1) is 14.5. The van der Waals surface area contributed by atoms with Crippen molar-refractivity contribution in [2.24, 2.45) is 12.5 Å². The molecule has 1 saturated heterocycles. The number of hydrogen-bond donors (Lipinski definition) is 0. The summed E-state index contributed by atoms with van der Waals surface area (Å²) in [5, 5.41) is 4.10. The number of piperidine rings is 1. The van der Waals surface area contributed by atoms with Crippen LogP contribution in [0.15, 0.2) is 48.8 Å². The molecular weight excluding hydrogens is 378 g/mol. The minimum absolute atomic E-state index is 0.0272. The molecule has 0 bridgehead atoms. The highest BCUT2D eigenvalue weighted by atomic mass is 16.5. The summed E-state index contributed by atoms with van der Waals surface area (Å²) in [5.41, 5.74) is 1.68. The van der Waals surface area contributed by atoms with Gasteiger partial charge in [-0.05, 0) is 50.7 Å². The number of nitrogens with zero attached hydrogens (tertiary/aromatic N) is 3. The molecule has 3 rings (SSSR count). The zero-order chi connectivity index (χ0) is 21.4. The fourth-order valence-corrected chi connectivity index (χ4v) is 4.07. The molecule has 160 valence electrons. The molecule has 1 amide bonds. The van der Waals surface area contributed by atoms with Gasteiger partial charge in [0.25, 0.3) is 0 Å². The Kier molecular flexibility index (Phi) is 7.44. The molecule has 1 aromatic heterocycles. The van der Waals surface area contributed by atoms with E-state index in [1.807, 2.05) is 43.3 Å². The maximum Gasteiger partial charge on any atom is 0.312 e. The van der Waals surface area contributed by atoms with Crippen molar-refractivity contribution >= 4 is 18.0 Å². The Morgan fingerprint density at radius 1 is 1.20 bits per heavy atom. The Bertz CT molecular complexity index is 865. The van der Waals surface area contributed by atoms with E-state index in [9.17, 15) is 9.59 Å². The Morgan fingerprint density at radius 2 is 1.93 bits per heavy atom. The second-order valence-electron chi connectivity index (χ2n) is 7.95. The largest absolute Gasteiger partial charge is 0.466 e. The summed E-state index contributed by atoms with van der Waals surface area (Å²) in [6, 6.07) is 10.3. The second kappa shape index (κ2) is 10.2. The molecule has 1 aliphatic heterocycles. The van der Waals surface area contributed by atoms with Crippen molar-refractivity contribution in [2.45, 2.75) is 39.0 Å². The zero-order valence-electron chi connectivity index (χ0n) is 17.9. The molecule has 2 heterocycles. The van der Waals surface area contributed by atoms with E-state index in [1.54, 1.807) is 23.0 Å². The Hall–Kier alpha value is -2.89. The summed E-state index contributed by atoms with van der Waals surface area (Å²) in [6.45, 7) is 3.37. The normalized spacial score (nSPS) is 16.0. The molecule has 2 aromatic rings. The number of carbonyl (C=O) groups excluding carboxylic acids is 2. The van der Waals surface area contributed by atoms with E-state index in [0.717, 1.165) is 24.8 Å². The molecule has 0 unspecified atom stereocenters. The van der Waals surface area contributed by atoms with Gasteiger partial charge >= 0.3 is 5.97 Å². The summed E-state index contributed by atoms with van der Waals surface area (Å²) in [7, 11) is 1.84. The van der Waals surface area contributed by atoms with Gasteiger partial charge in [0.15, 0.2) is 0 Å². The van der Waals surface area contributed by atoms with E-state index < -0.39 is 5.41 Å². The molecule has 0 radical (unpaired) electrons. The van der Waals surface area contributed by atoms with Gasteiger partial charge in [-0.3, -0.25) is 14.3 Å². The van der Waals surface area contributed by atoms with Crippen LogP contribution in [0.4, 0.5) is 0 Å². The van der Waals surface area contributed by atoms with Crippen molar-refractivity contribution in [1.82, 2.24) is 14.7 Å². The Balaban J connectivity index is 1.58. The smallest absolute Gasteiger partial charge is 0.312 e. The maximum absolute atomic E-state index is 12.8. The van der Waals surface area contributed by atoms with Crippen LogP contribution in [0.3, 0.4) is 0 Å². The first kappa shape index (κ1) is 21.8. The van der Waals surface area contributed by atoms with Crippen molar-refractivity contribution in [1.29, 1.82) is 0 Å². The van der Waals surface area contributed by atoms with Crippen LogP contribution in [-0.2, 0) is 27.8 Å². The zero-order valence-corrected chi connectivity index (χ0v) is 17.9. The van der Waals surface area contributed by atoms with Gasteiger partial charge in [0.2, 0.25) is 5.91 Å². The molecule has 0 saturated carbocycles. The van der Waals surface area contributed by atoms with E-state index >= 15 is 0 Å². The lowest BCUT2D eigenvalue weighted by atomic mass is 9.74. The van der Waals surface area contributed by atoms with Gasteiger partial charge in [0.05, 0.1) is 18.2 Å². The molecular formula is C24H31N3O3. The van der Waals surface area contributed by atoms with Crippen LogP contribution in [0, 0.1) is 5.41 Å². The number of aryl methyl sites for hydroxylation is 2. The average molecular weight is 410 g/mol. The van der Waals surface area contributed by atoms with E-state index in [-0.39, 0.29) is 11.9 Å². The SMILES string of the molecule is CCOC(=O)C1(CCCc2ccccc2)CCN(C(=O)/C=C/c2cnn(C)c2)CC1. The standard InChI is InChI=1S/C24H31N3O3/c1-3-30-23(29)24(13-7-10-20-8-5-4-6-9-20)14-16-27(17-15-24)22(28)12-11-21-18-25-26(2)19-21/h4-6,8-9,11-12,18-19H,3,7,10,13-17H2,1-2H3/b12-11+. The van der Waals surface area contributed by atoms with Crippen molar-refractivity contribution < 1.29 is 14.3 Å². The van der Waals surface area contributed by atoms with E-state index in [0.29, 0.717) is 32.5 Å². The van der Waals surface area contributed by atoms with Crippen LogP contribution in [0.5, 0.6) is 0 Å². The van der Waals surface area contributed by atoms with Crippen molar-refractivity contribution in [2.75, 3.05) is 19.7 Å². The lowest BCUT2D eigenvalue weighted by Gasteiger charge is -2.39. The number of ether oxygens (including phenoxy) is 1. The fraction of sp³-hybridized carbons (Fsp3) is 0.458. The first-order valence-corrected chi connectivity index (χ1v) is 10.7. The molecule has 0 N–H and O–H groups in total. The highest BCUT2D eigenvalue weighted by Gasteiger charge is 2.42. The molecule has 1 aliphatic rings. The van der Waals surface area contributed by atoms with Gasteiger partial charge in [-0.15, -0.1) is 0 Å². The molecule has 0 spiro atoms. The number of aromatic nitrogens is 2. The molecule has 1 fully saturated rings. The van der Waals surface area contributed by atoms with E-state index in [4.69, 9.17) is 4.74 Å². The van der Waals surface area contributed by atoms with Crippen molar-refractivity contribution in [3.05, 3.63) is 59.9 Å². The fourth-order valence-electron chi connectivity index (χ4n) is 4.07. The average Bonchev–Trinajstić information content (AvgIpc) is 3.18. The summed E-state index contributed by atoms with van der Waals surface area (Å²) in [5.74, 6) is -0.142. The van der Waals surface area contributed by atoms with Gasteiger partial charge in [-0.1, -0.05) is 30.3 Å². The van der Waals surface area contributed by atoms with Crippen molar-refractivity contribution in [3.63, 3.8) is 0 Å². The molecule has 1 aromatic carbocycles. The predicted molar refractivity (Wildman–Crippen MR) is 117 cm³/mol. The van der Waals surface area contributed by atoms with Gasteiger partial charge in [-0.2, -0.15) is 5.10 Å². The minimum atomic E-state index is -0.491. The van der Waals surface area contributed by atoms with E-state index in [1.165, 1.54) is 5.56 Å². The van der Waals surface area contributed by atoms with Crippen LogP contribution in [0.1, 0.15) is 43.7 Å². The van der Waals surface area contributed by atoms with E-state index in [2.05, 4.69) is 17.2 Å². The Morgan fingerprint density at radius 3 is 2.57 bits per heavy atom. The number of benzene rings is 1. The summed E-state index contributed by atoms with van der Waals surface area (Å²) < 4.78 is 7.13. The minimum Gasteiger partial charge on any atom is -0.466 e. The topological polar surface area (TPSA) is 64.4 Å². The van der Waals surface area contributed by atoms with Crippen molar-refractivity contribution in [3.8, 4) is 0 Å². The molecule has 30 heavy (non-hydrogen) atoms. The van der Waals surface area contributed by atoms with Gasteiger partial charge in [-0.25, -0.2) is 0 Å². The number of carbonyl (C=O) groups is 2.